The number of thiol groups is 2. The van der Waals surface area contributed by atoms with Crippen LogP contribution in [0.15, 0.2) is 61.4 Å². The molecule has 0 unspecified atom stereocenters. The predicted octanol–water partition coefficient (Wildman–Crippen LogP) is 7.06. The van der Waals surface area contributed by atoms with Gasteiger partial charge in [0.2, 0.25) is 0 Å². The Morgan fingerprint density at radius 3 is 1.80 bits per heavy atom. The summed E-state index contributed by atoms with van der Waals surface area (Å²) in [5.41, 5.74) is 10.3. The zero-order valence-corrected chi connectivity index (χ0v) is 35.8. The Morgan fingerprint density at radius 2 is 1.25 bits per heavy atom. The Balaban J connectivity index is 0.000000833. The number of fused-ring (bicyclic) bond motifs is 2. The number of methoxy groups -OCH3 is 4. The summed E-state index contributed by atoms with van der Waals surface area (Å²) in [5.74, 6) is 0. The topological polar surface area (TPSA) is 182 Å². The van der Waals surface area contributed by atoms with Crippen molar-refractivity contribution < 1.29 is 37.6 Å². The average Bonchev–Trinajstić information content (AvgIpc) is 4.03. The molecule has 0 spiro atoms. The molecule has 0 fully saturated rings. The lowest BCUT2D eigenvalue weighted by atomic mass is 10.1. The quantitative estimate of drug-likeness (QED) is 0.0428. The molecule has 0 radical (unpaired) electrons. The SMILES string of the molecule is CC.COC.COC=O.COCCCn1cc(-c2ccn3ncc(C)c3c2)c(C)n1.COCCCn1ncc(-c2ccn3ncc(C=O)c3c2)c1C.OS.OS. The van der Waals surface area contributed by atoms with Crippen LogP contribution in [-0.4, -0.2) is 109 Å². The summed E-state index contributed by atoms with van der Waals surface area (Å²) in [4.78, 5) is 20.0. The van der Waals surface area contributed by atoms with Gasteiger partial charge in [-0.05, 0) is 100 Å². The van der Waals surface area contributed by atoms with E-state index in [-0.39, 0.29) is 0 Å². The lowest BCUT2D eigenvalue weighted by Gasteiger charge is -2.06. The Bertz CT molecular complexity index is 1940. The molecule has 0 atom stereocenters. The van der Waals surface area contributed by atoms with Crippen LogP contribution in [0.1, 0.15) is 54.0 Å². The number of pyridine rings is 2. The second-order valence-electron chi connectivity index (χ2n) is 11.2. The van der Waals surface area contributed by atoms with Gasteiger partial charge in [-0.25, -0.2) is 9.03 Å². The Hall–Kier alpha value is -4.56. The lowest BCUT2D eigenvalue weighted by Crippen LogP contribution is -2.04. The molecule has 2 N–H and O–H groups in total. The van der Waals surface area contributed by atoms with Gasteiger partial charge in [0.15, 0.2) is 6.29 Å². The van der Waals surface area contributed by atoms with E-state index < -0.39 is 0 Å². The van der Waals surface area contributed by atoms with E-state index in [0.717, 1.165) is 79.0 Å². The number of hydrogen-bond donors (Lipinski definition) is 4. The minimum absolute atomic E-state index is 0.375. The van der Waals surface area contributed by atoms with Crippen LogP contribution in [0.25, 0.3) is 33.3 Å². The number of rotatable bonds is 12. The van der Waals surface area contributed by atoms with Crippen LogP contribution in [0.3, 0.4) is 0 Å². The van der Waals surface area contributed by atoms with Crippen LogP contribution >= 0.6 is 25.8 Å². The molecule has 6 aromatic heterocycles. The van der Waals surface area contributed by atoms with Crippen molar-refractivity contribution in [3.8, 4) is 22.3 Å². The molecular formula is C38H58N8O8S2. The van der Waals surface area contributed by atoms with Crippen molar-refractivity contribution in [2.75, 3.05) is 48.8 Å². The fourth-order valence-electron chi connectivity index (χ4n) is 5.13. The number of carbonyl (C=O) groups is 2. The molecule has 6 rings (SSSR count). The van der Waals surface area contributed by atoms with Crippen molar-refractivity contribution in [2.45, 2.75) is 60.5 Å². The van der Waals surface area contributed by atoms with Crippen molar-refractivity contribution in [3.05, 3.63) is 84.0 Å². The Kier molecular flexibility index (Phi) is 28.1. The molecule has 0 bridgehead atoms. The summed E-state index contributed by atoms with van der Waals surface area (Å²) in [6.07, 6.45) is 14.0. The highest BCUT2D eigenvalue weighted by molar-refractivity contribution is 7.74. The third-order valence-corrected chi connectivity index (χ3v) is 7.61. The van der Waals surface area contributed by atoms with Crippen LogP contribution < -0.4 is 0 Å². The number of carbonyl (C=O) groups excluding carboxylic acids is 2. The molecule has 6 heterocycles. The van der Waals surface area contributed by atoms with Crippen LogP contribution in [0.2, 0.25) is 0 Å². The van der Waals surface area contributed by atoms with Crippen LogP contribution in [0.4, 0.5) is 0 Å². The zero-order chi connectivity index (χ0) is 42.5. The number of ether oxygens (including phenoxy) is 4. The highest BCUT2D eigenvalue weighted by atomic mass is 32.1. The molecule has 0 aliphatic heterocycles. The molecule has 0 aromatic carbocycles. The molecule has 310 valence electrons. The second kappa shape index (κ2) is 30.6. The fraction of sp³-hybridized carbons (Fsp3) is 0.421. The first kappa shape index (κ1) is 51.4. The molecule has 0 saturated carbocycles. The summed E-state index contributed by atoms with van der Waals surface area (Å²) < 4.78 is 39.2. The van der Waals surface area contributed by atoms with Crippen LogP contribution in [-0.2, 0) is 36.8 Å². The smallest absolute Gasteiger partial charge is 0.292 e. The van der Waals surface area contributed by atoms with Gasteiger partial charge in [0.25, 0.3) is 6.47 Å². The molecule has 6 aromatic rings. The molecule has 0 aliphatic carbocycles. The van der Waals surface area contributed by atoms with Gasteiger partial charge in [0.1, 0.15) is 0 Å². The molecule has 56 heavy (non-hydrogen) atoms. The van der Waals surface area contributed by atoms with Gasteiger partial charge in [-0.1, -0.05) is 13.8 Å². The van der Waals surface area contributed by atoms with Crippen molar-refractivity contribution >= 4 is 49.6 Å². The maximum absolute atomic E-state index is 11.1. The standard InChI is InChI=1S/C16H18N4O2.C16H20N4O.C2H4O2.C2H6O.C2H6.2H2OS/c1-12-15(10-18-19(12)5-3-7-22-2)13-4-6-20-16(8-13)14(11-21)9-17-20;1-12-10-17-20-7-5-14(9-16(12)20)15-11-19(18-13(15)2)6-4-8-21-3;1-4-2-3;1-3-2;3*1-2/h4,6,8-11H,3,5,7H2,1-2H3;5,7,9-11H,4,6,8H2,1-3H3;2H,1H3;1-2H3;1-2H3;2*1-2H. The Morgan fingerprint density at radius 1 is 0.732 bits per heavy atom. The third kappa shape index (κ3) is 15.9. The first-order chi connectivity index (χ1) is 27.3. The maximum Gasteiger partial charge on any atom is 0.292 e. The van der Waals surface area contributed by atoms with Gasteiger partial charge in [-0.3, -0.25) is 19.0 Å². The van der Waals surface area contributed by atoms with E-state index in [9.17, 15) is 4.79 Å². The highest BCUT2D eigenvalue weighted by Gasteiger charge is 2.12. The van der Waals surface area contributed by atoms with Crippen molar-refractivity contribution in [1.29, 1.82) is 0 Å². The van der Waals surface area contributed by atoms with E-state index >= 15 is 0 Å². The van der Waals surface area contributed by atoms with E-state index in [1.54, 1.807) is 39.2 Å². The zero-order valence-electron chi connectivity index (χ0n) is 34.0. The molecule has 0 amide bonds. The largest absolute Gasteiger partial charge is 0.471 e. The summed E-state index contributed by atoms with van der Waals surface area (Å²) in [7, 11) is 7.99. The normalized spacial score (nSPS) is 9.68. The van der Waals surface area contributed by atoms with Gasteiger partial charge in [-0.2, -0.15) is 20.4 Å². The summed E-state index contributed by atoms with van der Waals surface area (Å²) in [6.45, 7) is 13.7. The van der Waals surface area contributed by atoms with E-state index in [1.807, 2.05) is 64.6 Å². The minimum Gasteiger partial charge on any atom is -0.471 e. The molecule has 0 saturated heterocycles. The summed E-state index contributed by atoms with van der Waals surface area (Å²) in [5, 5.41) is 17.5. The number of aryl methyl sites for hydroxylation is 4. The number of hydrogen-bond acceptors (Lipinski definition) is 14. The molecular weight excluding hydrogens is 761 g/mol. The van der Waals surface area contributed by atoms with Gasteiger partial charge in [0.05, 0.1) is 48.0 Å². The van der Waals surface area contributed by atoms with E-state index in [4.69, 9.17) is 23.4 Å². The monoisotopic (exact) mass is 818 g/mol. The second-order valence-corrected chi connectivity index (χ2v) is 11.2. The Labute approximate surface area is 340 Å². The van der Waals surface area contributed by atoms with E-state index in [2.05, 4.69) is 94.8 Å². The lowest BCUT2D eigenvalue weighted by molar-refractivity contribution is -0.126. The van der Waals surface area contributed by atoms with Crippen molar-refractivity contribution in [1.82, 2.24) is 38.8 Å². The number of aldehydes is 1. The third-order valence-electron chi connectivity index (χ3n) is 7.61. The van der Waals surface area contributed by atoms with Crippen LogP contribution in [0, 0.1) is 20.8 Å². The molecule has 0 aliphatic rings. The van der Waals surface area contributed by atoms with Gasteiger partial charge >= 0.3 is 0 Å². The van der Waals surface area contributed by atoms with Gasteiger partial charge in [-0.15, -0.1) is 0 Å². The first-order valence-corrected chi connectivity index (χ1v) is 18.2. The van der Waals surface area contributed by atoms with Crippen LogP contribution in [0.5, 0.6) is 0 Å². The minimum atomic E-state index is 0.375. The number of nitrogens with zero attached hydrogens (tertiary/aromatic N) is 8. The molecule has 18 heteroatoms. The predicted molar refractivity (Wildman–Crippen MR) is 226 cm³/mol. The first-order valence-electron chi connectivity index (χ1n) is 17.4. The van der Waals surface area contributed by atoms with Gasteiger partial charge in [0, 0.05) is 90.2 Å². The fourth-order valence-corrected chi connectivity index (χ4v) is 5.13. The average molecular weight is 819 g/mol. The molecule has 16 nitrogen and oxygen atoms in total. The van der Waals surface area contributed by atoms with Crippen molar-refractivity contribution in [3.63, 3.8) is 0 Å². The van der Waals surface area contributed by atoms with E-state index in [0.29, 0.717) is 12.0 Å². The van der Waals surface area contributed by atoms with Gasteiger partial charge < -0.3 is 28.1 Å². The summed E-state index contributed by atoms with van der Waals surface area (Å²) in [6, 6.07) is 8.22. The maximum atomic E-state index is 11.1. The summed E-state index contributed by atoms with van der Waals surface area (Å²) >= 11 is 5.06. The van der Waals surface area contributed by atoms with E-state index in [1.165, 1.54) is 23.8 Å². The van der Waals surface area contributed by atoms with Crippen molar-refractivity contribution in [2.24, 2.45) is 0 Å². The number of aromatic nitrogens is 8. The highest BCUT2D eigenvalue weighted by Crippen LogP contribution is 2.26.